The maximum absolute atomic E-state index is 11.9. The zero-order valence-electron chi connectivity index (χ0n) is 8.51. The van der Waals surface area contributed by atoms with Crippen LogP contribution in [0, 0.1) is 6.92 Å². The van der Waals surface area contributed by atoms with E-state index in [4.69, 9.17) is 0 Å². The van der Waals surface area contributed by atoms with E-state index >= 15 is 0 Å². The van der Waals surface area contributed by atoms with Gasteiger partial charge in [-0.25, -0.2) is 15.0 Å². The molecule has 0 atom stereocenters. The summed E-state index contributed by atoms with van der Waals surface area (Å²) in [6.07, 6.45) is 4.88. The lowest BCUT2D eigenvalue weighted by molar-refractivity contribution is 0.102. The topological polar surface area (TPSA) is 60.7 Å². The summed E-state index contributed by atoms with van der Waals surface area (Å²) in [6.45, 7) is 1.75. The lowest BCUT2D eigenvalue weighted by Crippen LogP contribution is -2.11. The van der Waals surface area contributed by atoms with Crippen molar-refractivity contribution < 1.29 is 4.79 Å². The number of aromatic nitrogens is 4. The SMILES string of the molecule is Cc1nccc(C(=O)c2nccn2C)n1. The van der Waals surface area contributed by atoms with Crippen LogP contribution in [0.5, 0.6) is 0 Å². The molecule has 15 heavy (non-hydrogen) atoms. The lowest BCUT2D eigenvalue weighted by Gasteiger charge is -2.00. The molecule has 0 aromatic carbocycles. The smallest absolute Gasteiger partial charge is 0.246 e. The Bertz CT molecular complexity index is 504. The number of nitrogens with zero attached hydrogens (tertiary/aromatic N) is 4. The predicted octanol–water partition coefficient (Wildman–Crippen LogP) is 0.750. The van der Waals surface area contributed by atoms with Crippen molar-refractivity contribution in [2.24, 2.45) is 7.05 Å². The Labute approximate surface area is 86.8 Å². The van der Waals surface area contributed by atoms with Crippen LogP contribution in [0.2, 0.25) is 0 Å². The first-order valence-electron chi connectivity index (χ1n) is 4.50. The van der Waals surface area contributed by atoms with Gasteiger partial charge in [0.25, 0.3) is 0 Å². The minimum Gasteiger partial charge on any atom is -0.331 e. The van der Waals surface area contributed by atoms with E-state index in [1.807, 2.05) is 0 Å². The summed E-state index contributed by atoms with van der Waals surface area (Å²) >= 11 is 0. The zero-order valence-corrected chi connectivity index (χ0v) is 8.51. The molecule has 0 unspecified atom stereocenters. The largest absolute Gasteiger partial charge is 0.331 e. The summed E-state index contributed by atoms with van der Waals surface area (Å²) in [5.74, 6) is 0.774. The van der Waals surface area contributed by atoms with Gasteiger partial charge < -0.3 is 4.57 Å². The number of hydrogen-bond donors (Lipinski definition) is 0. The molecule has 2 aromatic rings. The van der Waals surface area contributed by atoms with Crippen molar-refractivity contribution in [3.05, 3.63) is 42.0 Å². The van der Waals surface area contributed by atoms with Gasteiger partial charge in [-0.05, 0) is 13.0 Å². The van der Waals surface area contributed by atoms with E-state index in [1.54, 1.807) is 43.2 Å². The van der Waals surface area contributed by atoms with E-state index in [0.29, 0.717) is 17.3 Å². The van der Waals surface area contributed by atoms with Gasteiger partial charge in [0.15, 0.2) is 5.82 Å². The number of ketones is 1. The van der Waals surface area contributed by atoms with Crippen molar-refractivity contribution in [3.8, 4) is 0 Å². The highest BCUT2D eigenvalue weighted by molar-refractivity contribution is 6.05. The van der Waals surface area contributed by atoms with Crippen molar-refractivity contribution in [3.63, 3.8) is 0 Å². The molecule has 0 amide bonds. The van der Waals surface area contributed by atoms with Crippen LogP contribution in [-0.4, -0.2) is 25.3 Å². The minimum absolute atomic E-state index is 0.187. The van der Waals surface area contributed by atoms with E-state index in [9.17, 15) is 4.79 Å². The first-order chi connectivity index (χ1) is 7.18. The van der Waals surface area contributed by atoms with Crippen molar-refractivity contribution in [1.82, 2.24) is 19.5 Å². The fourth-order valence-corrected chi connectivity index (χ4v) is 1.28. The average Bonchev–Trinajstić information content (AvgIpc) is 2.63. The summed E-state index contributed by atoms with van der Waals surface area (Å²) in [4.78, 5) is 23.9. The van der Waals surface area contributed by atoms with Gasteiger partial charge in [-0.2, -0.15) is 0 Å². The van der Waals surface area contributed by atoms with Crippen LogP contribution < -0.4 is 0 Å². The Morgan fingerprint density at radius 1 is 1.33 bits per heavy atom. The third-order valence-corrected chi connectivity index (χ3v) is 2.03. The first kappa shape index (κ1) is 9.51. The number of aryl methyl sites for hydroxylation is 2. The van der Waals surface area contributed by atoms with E-state index in [2.05, 4.69) is 15.0 Å². The number of carbonyl (C=O) groups is 1. The van der Waals surface area contributed by atoms with Gasteiger partial charge in [0.1, 0.15) is 11.5 Å². The predicted molar refractivity (Wildman–Crippen MR) is 53.4 cm³/mol. The highest BCUT2D eigenvalue weighted by Gasteiger charge is 2.14. The minimum atomic E-state index is -0.187. The van der Waals surface area contributed by atoms with Crippen LogP contribution >= 0.6 is 0 Å². The maximum Gasteiger partial charge on any atom is 0.246 e. The molecule has 0 radical (unpaired) electrons. The maximum atomic E-state index is 11.9. The standard InChI is InChI=1S/C10H10N4O/c1-7-11-4-3-8(13-7)9(15)10-12-5-6-14(10)2/h3-6H,1-2H3. The van der Waals surface area contributed by atoms with Crippen molar-refractivity contribution in [2.45, 2.75) is 6.92 Å². The van der Waals surface area contributed by atoms with Gasteiger partial charge in [0.05, 0.1) is 0 Å². The third-order valence-electron chi connectivity index (χ3n) is 2.03. The molecule has 0 saturated carbocycles. The Kier molecular flexibility index (Phi) is 2.29. The van der Waals surface area contributed by atoms with E-state index in [0.717, 1.165) is 0 Å². The molecule has 0 bridgehead atoms. The van der Waals surface area contributed by atoms with Gasteiger partial charge in [-0.3, -0.25) is 4.79 Å². The first-order valence-corrected chi connectivity index (χ1v) is 4.50. The highest BCUT2D eigenvalue weighted by Crippen LogP contribution is 2.04. The number of rotatable bonds is 2. The molecular weight excluding hydrogens is 192 g/mol. The molecule has 76 valence electrons. The molecule has 0 N–H and O–H groups in total. The van der Waals surface area contributed by atoms with E-state index in [-0.39, 0.29) is 5.78 Å². The Morgan fingerprint density at radius 2 is 2.13 bits per heavy atom. The summed E-state index contributed by atoms with van der Waals surface area (Å²) in [7, 11) is 1.77. The van der Waals surface area contributed by atoms with Gasteiger partial charge in [-0.1, -0.05) is 0 Å². The van der Waals surface area contributed by atoms with E-state index < -0.39 is 0 Å². The van der Waals surface area contributed by atoms with Crippen LogP contribution in [0.4, 0.5) is 0 Å². The number of imidazole rings is 1. The van der Waals surface area contributed by atoms with Crippen LogP contribution in [0.15, 0.2) is 24.7 Å². The molecule has 0 saturated heterocycles. The molecule has 2 rings (SSSR count). The van der Waals surface area contributed by atoms with Gasteiger partial charge in [-0.15, -0.1) is 0 Å². The second kappa shape index (κ2) is 3.61. The summed E-state index contributed by atoms with van der Waals surface area (Å²) in [5, 5.41) is 0. The molecule has 5 nitrogen and oxygen atoms in total. The fourth-order valence-electron chi connectivity index (χ4n) is 1.28. The average molecular weight is 202 g/mol. The quantitative estimate of drug-likeness (QED) is 0.674. The van der Waals surface area contributed by atoms with Gasteiger partial charge in [0.2, 0.25) is 5.78 Å². The fraction of sp³-hybridized carbons (Fsp3) is 0.200. The van der Waals surface area contributed by atoms with Crippen LogP contribution in [0.25, 0.3) is 0 Å². The second-order valence-electron chi connectivity index (χ2n) is 3.18. The monoisotopic (exact) mass is 202 g/mol. The molecule has 0 aliphatic rings. The van der Waals surface area contributed by atoms with E-state index in [1.165, 1.54) is 0 Å². The Morgan fingerprint density at radius 3 is 2.73 bits per heavy atom. The molecule has 0 aliphatic carbocycles. The Hall–Kier alpha value is -2.04. The zero-order chi connectivity index (χ0) is 10.8. The van der Waals surface area contributed by atoms with Crippen molar-refractivity contribution >= 4 is 5.78 Å². The molecule has 2 heterocycles. The summed E-state index contributed by atoms with van der Waals surface area (Å²) < 4.78 is 1.67. The van der Waals surface area contributed by atoms with Crippen LogP contribution in [0.3, 0.4) is 0 Å². The van der Waals surface area contributed by atoms with Gasteiger partial charge in [0, 0.05) is 25.6 Å². The molecule has 2 aromatic heterocycles. The number of hydrogen-bond acceptors (Lipinski definition) is 4. The summed E-state index contributed by atoms with van der Waals surface area (Å²) in [6, 6.07) is 1.59. The van der Waals surface area contributed by atoms with Crippen LogP contribution in [-0.2, 0) is 7.05 Å². The Balaban J connectivity index is 2.41. The van der Waals surface area contributed by atoms with Gasteiger partial charge >= 0.3 is 0 Å². The molecule has 0 spiro atoms. The lowest BCUT2D eigenvalue weighted by atomic mass is 10.2. The summed E-state index contributed by atoms with van der Waals surface area (Å²) in [5.41, 5.74) is 0.372. The second-order valence-corrected chi connectivity index (χ2v) is 3.18. The molecular formula is C10H10N4O. The highest BCUT2D eigenvalue weighted by atomic mass is 16.1. The molecule has 5 heteroatoms. The normalized spacial score (nSPS) is 10.3. The van der Waals surface area contributed by atoms with Crippen LogP contribution in [0.1, 0.15) is 22.1 Å². The molecule has 0 aliphatic heterocycles. The third kappa shape index (κ3) is 1.76. The number of carbonyl (C=O) groups excluding carboxylic acids is 1. The van der Waals surface area contributed by atoms with Crippen molar-refractivity contribution in [1.29, 1.82) is 0 Å². The molecule has 0 fully saturated rings. The van der Waals surface area contributed by atoms with Crippen molar-refractivity contribution in [2.75, 3.05) is 0 Å².